The molecular formula is C11H7NO5. The Morgan fingerprint density at radius 3 is 2.41 bits per heavy atom. The van der Waals surface area contributed by atoms with Crippen molar-refractivity contribution in [3.63, 3.8) is 0 Å². The van der Waals surface area contributed by atoms with Crippen LogP contribution in [0.2, 0.25) is 0 Å². The molecule has 0 saturated heterocycles. The van der Waals surface area contributed by atoms with Crippen LogP contribution in [0, 0.1) is 0 Å². The van der Waals surface area contributed by atoms with Gasteiger partial charge in [-0.15, -0.1) is 0 Å². The maximum atomic E-state index is 11.0. The van der Waals surface area contributed by atoms with Crippen molar-refractivity contribution in [2.24, 2.45) is 0 Å². The Morgan fingerprint density at radius 2 is 1.88 bits per heavy atom. The smallest absolute Gasteiger partial charge is 0.353 e. The molecule has 1 aromatic carbocycles. The van der Waals surface area contributed by atoms with Crippen LogP contribution in [0.15, 0.2) is 18.2 Å². The number of carbonyl (C=O) groups is 3. The second-order valence-electron chi connectivity index (χ2n) is 3.37. The van der Waals surface area contributed by atoms with E-state index in [4.69, 9.17) is 10.2 Å². The Hall–Kier alpha value is -2.63. The minimum Gasteiger partial charge on any atom is -0.478 e. The van der Waals surface area contributed by atoms with E-state index in [2.05, 4.69) is 4.98 Å². The molecule has 0 fully saturated rings. The predicted molar refractivity (Wildman–Crippen MR) is 57.6 cm³/mol. The summed E-state index contributed by atoms with van der Waals surface area (Å²) < 4.78 is 0. The number of hydrogen-bond acceptors (Lipinski definition) is 3. The molecule has 3 N–H and O–H groups in total. The van der Waals surface area contributed by atoms with Crippen LogP contribution in [0.3, 0.4) is 0 Å². The summed E-state index contributed by atoms with van der Waals surface area (Å²) >= 11 is 0. The summed E-state index contributed by atoms with van der Waals surface area (Å²) in [6.07, 6.45) is 0.342. The van der Waals surface area contributed by atoms with Gasteiger partial charge in [-0.05, 0) is 12.1 Å². The number of nitrogens with one attached hydrogen (secondary N) is 1. The summed E-state index contributed by atoms with van der Waals surface area (Å²) in [5.74, 6) is -2.52. The lowest BCUT2D eigenvalue weighted by Gasteiger charge is -1.97. The van der Waals surface area contributed by atoms with Gasteiger partial charge in [-0.25, -0.2) is 9.59 Å². The zero-order valence-corrected chi connectivity index (χ0v) is 8.43. The summed E-state index contributed by atoms with van der Waals surface area (Å²) in [7, 11) is 0. The van der Waals surface area contributed by atoms with E-state index in [9.17, 15) is 14.4 Å². The topological polar surface area (TPSA) is 107 Å². The third-order valence-electron chi connectivity index (χ3n) is 2.42. The lowest BCUT2D eigenvalue weighted by Crippen LogP contribution is -2.01. The van der Waals surface area contributed by atoms with Gasteiger partial charge in [0.25, 0.3) is 0 Å². The van der Waals surface area contributed by atoms with Crippen LogP contribution in [0.25, 0.3) is 10.9 Å². The molecular weight excluding hydrogens is 226 g/mol. The van der Waals surface area contributed by atoms with Crippen molar-refractivity contribution < 1.29 is 24.6 Å². The Morgan fingerprint density at radius 1 is 1.18 bits per heavy atom. The van der Waals surface area contributed by atoms with E-state index in [-0.39, 0.29) is 22.2 Å². The van der Waals surface area contributed by atoms with Crippen LogP contribution in [0.5, 0.6) is 0 Å². The zero-order chi connectivity index (χ0) is 12.6. The lowest BCUT2D eigenvalue weighted by molar-refractivity contribution is 0.0681. The minimum atomic E-state index is -1.31. The van der Waals surface area contributed by atoms with Crippen LogP contribution < -0.4 is 0 Å². The van der Waals surface area contributed by atoms with Crippen molar-refractivity contribution in [3.8, 4) is 0 Å². The standard InChI is InChI=1S/C11H7NO5/c13-4-6-8-5(10(14)15)2-1-3-7(8)12-9(6)11(16)17/h1-4,12H,(H,14,15)(H,16,17). The fourth-order valence-corrected chi connectivity index (χ4v) is 1.74. The molecule has 2 aromatic rings. The molecule has 0 aliphatic rings. The molecule has 0 aliphatic carbocycles. The molecule has 1 aromatic heterocycles. The molecule has 2 rings (SSSR count). The third kappa shape index (κ3) is 1.55. The van der Waals surface area contributed by atoms with Crippen molar-refractivity contribution in [2.75, 3.05) is 0 Å². The number of aromatic nitrogens is 1. The number of aromatic carboxylic acids is 2. The van der Waals surface area contributed by atoms with E-state index in [0.29, 0.717) is 11.8 Å². The summed E-state index contributed by atoms with van der Waals surface area (Å²) in [5.41, 5.74) is -0.244. The summed E-state index contributed by atoms with van der Waals surface area (Å²) in [6, 6.07) is 4.31. The number of aromatic amines is 1. The molecule has 0 atom stereocenters. The highest BCUT2D eigenvalue weighted by Gasteiger charge is 2.20. The predicted octanol–water partition coefficient (Wildman–Crippen LogP) is 1.38. The van der Waals surface area contributed by atoms with Crippen LogP contribution >= 0.6 is 0 Å². The lowest BCUT2D eigenvalue weighted by atomic mass is 10.1. The Bertz CT molecular complexity index is 641. The molecule has 0 aliphatic heterocycles. The Kier molecular flexibility index (Phi) is 2.40. The Labute approximate surface area is 94.5 Å². The van der Waals surface area contributed by atoms with Gasteiger partial charge >= 0.3 is 11.9 Å². The highest BCUT2D eigenvalue weighted by atomic mass is 16.4. The van der Waals surface area contributed by atoms with Gasteiger partial charge in [-0.2, -0.15) is 0 Å². The maximum absolute atomic E-state index is 11.0. The van der Waals surface area contributed by atoms with Gasteiger partial charge < -0.3 is 15.2 Å². The fraction of sp³-hybridized carbons (Fsp3) is 0. The van der Waals surface area contributed by atoms with Crippen molar-refractivity contribution in [2.45, 2.75) is 0 Å². The molecule has 17 heavy (non-hydrogen) atoms. The molecule has 6 nitrogen and oxygen atoms in total. The van der Waals surface area contributed by atoms with Crippen LogP contribution in [-0.4, -0.2) is 33.4 Å². The van der Waals surface area contributed by atoms with E-state index in [1.54, 1.807) is 0 Å². The molecule has 0 amide bonds. The first-order valence-electron chi connectivity index (χ1n) is 4.62. The molecule has 6 heteroatoms. The molecule has 0 saturated carbocycles. The first-order chi connectivity index (χ1) is 8.06. The Balaban J connectivity index is 2.93. The average Bonchev–Trinajstić information content (AvgIpc) is 2.66. The van der Waals surface area contributed by atoms with E-state index >= 15 is 0 Å². The van der Waals surface area contributed by atoms with Crippen molar-refractivity contribution in [3.05, 3.63) is 35.0 Å². The SMILES string of the molecule is O=Cc1c(C(=O)O)[nH]c2cccc(C(=O)O)c12. The van der Waals surface area contributed by atoms with Gasteiger partial charge in [0.05, 0.1) is 11.1 Å². The number of H-pyrrole nitrogens is 1. The summed E-state index contributed by atoms with van der Waals surface area (Å²) in [5, 5.41) is 18.0. The number of aldehydes is 1. The monoisotopic (exact) mass is 233 g/mol. The van der Waals surface area contributed by atoms with Gasteiger partial charge in [0.1, 0.15) is 5.69 Å². The van der Waals surface area contributed by atoms with Gasteiger partial charge in [0, 0.05) is 10.9 Å². The first kappa shape index (κ1) is 10.9. The number of carboxylic acid groups (broad SMARTS) is 2. The third-order valence-corrected chi connectivity index (χ3v) is 2.42. The number of carbonyl (C=O) groups excluding carboxylic acids is 1. The number of rotatable bonds is 3. The number of hydrogen-bond donors (Lipinski definition) is 3. The number of fused-ring (bicyclic) bond motifs is 1. The molecule has 0 unspecified atom stereocenters. The number of benzene rings is 1. The average molecular weight is 233 g/mol. The highest BCUT2D eigenvalue weighted by Crippen LogP contribution is 2.25. The highest BCUT2D eigenvalue weighted by molar-refractivity contribution is 6.14. The summed E-state index contributed by atoms with van der Waals surface area (Å²) in [4.78, 5) is 35.3. The summed E-state index contributed by atoms with van der Waals surface area (Å²) in [6.45, 7) is 0. The van der Waals surface area contributed by atoms with Crippen LogP contribution in [0.4, 0.5) is 0 Å². The van der Waals surface area contributed by atoms with Crippen molar-refractivity contribution in [1.82, 2.24) is 4.98 Å². The molecule has 1 heterocycles. The molecule has 0 spiro atoms. The van der Waals surface area contributed by atoms with Gasteiger partial charge in [0.15, 0.2) is 6.29 Å². The largest absolute Gasteiger partial charge is 0.478 e. The van der Waals surface area contributed by atoms with Crippen molar-refractivity contribution >= 4 is 29.1 Å². The van der Waals surface area contributed by atoms with Gasteiger partial charge in [-0.1, -0.05) is 6.07 Å². The van der Waals surface area contributed by atoms with E-state index in [0.717, 1.165) is 0 Å². The van der Waals surface area contributed by atoms with Gasteiger partial charge in [-0.3, -0.25) is 4.79 Å². The second-order valence-corrected chi connectivity index (χ2v) is 3.37. The maximum Gasteiger partial charge on any atom is 0.353 e. The minimum absolute atomic E-state index is 0.103. The van der Waals surface area contributed by atoms with Crippen LogP contribution in [0.1, 0.15) is 31.2 Å². The first-order valence-corrected chi connectivity index (χ1v) is 4.62. The normalized spacial score (nSPS) is 10.4. The quantitative estimate of drug-likeness (QED) is 0.694. The van der Waals surface area contributed by atoms with E-state index in [1.165, 1.54) is 18.2 Å². The zero-order valence-electron chi connectivity index (χ0n) is 8.43. The molecule has 0 radical (unpaired) electrons. The van der Waals surface area contributed by atoms with Crippen molar-refractivity contribution in [1.29, 1.82) is 0 Å². The van der Waals surface area contributed by atoms with E-state index < -0.39 is 11.9 Å². The fourth-order valence-electron chi connectivity index (χ4n) is 1.74. The van der Waals surface area contributed by atoms with Gasteiger partial charge in [0.2, 0.25) is 0 Å². The molecule has 0 bridgehead atoms. The number of carboxylic acids is 2. The molecule has 86 valence electrons. The van der Waals surface area contributed by atoms with E-state index in [1.807, 2.05) is 0 Å². The van der Waals surface area contributed by atoms with Crippen LogP contribution in [-0.2, 0) is 0 Å². The second kappa shape index (κ2) is 3.75.